The average Bonchev–Trinajstić information content (AvgIpc) is 2.97. The van der Waals surface area contributed by atoms with Gasteiger partial charge in [-0.15, -0.1) is 0 Å². The van der Waals surface area contributed by atoms with Gasteiger partial charge in [-0.05, 0) is 43.7 Å². The van der Waals surface area contributed by atoms with Crippen LogP contribution in [-0.4, -0.2) is 11.2 Å². The van der Waals surface area contributed by atoms with E-state index >= 15 is 0 Å². The van der Waals surface area contributed by atoms with Gasteiger partial charge in [-0.3, -0.25) is 5.32 Å². The van der Waals surface area contributed by atoms with Crippen molar-refractivity contribution in [1.82, 2.24) is 5.16 Å². The highest BCUT2D eigenvalue weighted by Crippen LogP contribution is 2.32. The van der Waals surface area contributed by atoms with Gasteiger partial charge in [-0.25, -0.2) is 4.79 Å². The summed E-state index contributed by atoms with van der Waals surface area (Å²) in [7, 11) is 0. The Morgan fingerprint density at radius 1 is 1.16 bits per heavy atom. The van der Waals surface area contributed by atoms with Crippen LogP contribution in [0.1, 0.15) is 24.3 Å². The number of halogens is 1. The summed E-state index contributed by atoms with van der Waals surface area (Å²) in [6, 6.07) is 17.1. The van der Waals surface area contributed by atoms with Crippen LogP contribution in [0.3, 0.4) is 0 Å². The lowest BCUT2D eigenvalue weighted by atomic mass is 10.1. The lowest BCUT2D eigenvalue weighted by molar-refractivity contribution is 0.121. The van der Waals surface area contributed by atoms with Crippen molar-refractivity contribution >= 4 is 27.7 Å². The molecule has 0 bridgehead atoms. The van der Waals surface area contributed by atoms with Gasteiger partial charge < -0.3 is 9.26 Å². The van der Waals surface area contributed by atoms with Crippen molar-refractivity contribution in [3.8, 4) is 11.3 Å². The molecule has 5 nitrogen and oxygen atoms in total. The van der Waals surface area contributed by atoms with Crippen molar-refractivity contribution in [2.75, 3.05) is 5.32 Å². The first kappa shape index (κ1) is 17.2. The molecule has 1 amide bonds. The molecule has 3 aromatic rings. The summed E-state index contributed by atoms with van der Waals surface area (Å²) in [6.07, 6.45) is -0.918. The van der Waals surface area contributed by atoms with Crippen LogP contribution in [0, 0.1) is 6.92 Å². The quantitative estimate of drug-likeness (QED) is 0.607. The van der Waals surface area contributed by atoms with Gasteiger partial charge in [0.2, 0.25) is 0 Å². The molecule has 25 heavy (non-hydrogen) atoms. The summed E-state index contributed by atoms with van der Waals surface area (Å²) in [5.74, 6) is 0.495. The van der Waals surface area contributed by atoms with Gasteiger partial charge in [0.05, 0.1) is 0 Å². The number of carbonyl (C=O) groups excluding carboxylic acids is 1. The molecular weight excluding hydrogens is 384 g/mol. The number of nitrogens with one attached hydrogen (secondary N) is 1. The Balaban J connectivity index is 1.75. The molecule has 0 aliphatic heterocycles. The molecule has 0 radical (unpaired) electrons. The van der Waals surface area contributed by atoms with Crippen molar-refractivity contribution in [2.24, 2.45) is 0 Å². The number of nitrogens with zero attached hydrogens (tertiary/aromatic N) is 1. The normalized spacial score (nSPS) is 11.8. The standard InChI is InChI=1S/C19H17BrN2O3/c1-12-17(18(25-22-12)15-8-10-16(20)11-9-15)21-19(23)24-13(2)14-6-4-3-5-7-14/h3-11,13H,1-2H3,(H,21,23)/t13-/m1/s1. The van der Waals surface area contributed by atoms with Crippen molar-refractivity contribution in [1.29, 1.82) is 0 Å². The molecular formula is C19H17BrN2O3. The minimum absolute atomic E-state index is 0.363. The second-order valence-electron chi connectivity index (χ2n) is 5.56. The zero-order valence-electron chi connectivity index (χ0n) is 13.8. The second-order valence-corrected chi connectivity index (χ2v) is 6.48. The lowest BCUT2D eigenvalue weighted by Gasteiger charge is -2.14. The number of amides is 1. The van der Waals surface area contributed by atoms with Crippen LogP contribution in [-0.2, 0) is 4.74 Å². The fourth-order valence-electron chi connectivity index (χ4n) is 2.40. The van der Waals surface area contributed by atoms with Gasteiger partial charge in [-0.2, -0.15) is 0 Å². The van der Waals surface area contributed by atoms with Crippen LogP contribution in [0.25, 0.3) is 11.3 Å². The molecule has 1 N–H and O–H groups in total. The van der Waals surface area contributed by atoms with Crippen LogP contribution in [0.15, 0.2) is 63.6 Å². The fraction of sp³-hybridized carbons (Fsp3) is 0.158. The Bertz CT molecular complexity index is 860. The molecule has 2 aromatic carbocycles. The first-order valence-electron chi connectivity index (χ1n) is 7.79. The first-order valence-corrected chi connectivity index (χ1v) is 8.58. The summed E-state index contributed by atoms with van der Waals surface area (Å²) in [4.78, 5) is 12.3. The SMILES string of the molecule is Cc1noc(-c2ccc(Br)cc2)c1NC(=O)O[C@H](C)c1ccccc1. The molecule has 1 heterocycles. The van der Waals surface area contributed by atoms with E-state index in [4.69, 9.17) is 9.26 Å². The highest BCUT2D eigenvalue weighted by atomic mass is 79.9. The number of hydrogen-bond acceptors (Lipinski definition) is 4. The summed E-state index contributed by atoms with van der Waals surface area (Å²) in [5.41, 5.74) is 2.83. The predicted octanol–water partition coefficient (Wildman–Crippen LogP) is 5.72. The number of aromatic nitrogens is 1. The number of carbonyl (C=O) groups is 1. The molecule has 0 fully saturated rings. The third-order valence-electron chi connectivity index (χ3n) is 3.75. The van der Waals surface area contributed by atoms with Crippen LogP contribution < -0.4 is 5.32 Å². The number of anilines is 1. The summed E-state index contributed by atoms with van der Waals surface area (Å²) >= 11 is 3.40. The van der Waals surface area contributed by atoms with Gasteiger partial charge in [0.25, 0.3) is 0 Å². The van der Waals surface area contributed by atoms with Crippen LogP contribution in [0.2, 0.25) is 0 Å². The van der Waals surface area contributed by atoms with Crippen molar-refractivity contribution in [2.45, 2.75) is 20.0 Å². The van der Waals surface area contributed by atoms with E-state index in [0.717, 1.165) is 15.6 Å². The Morgan fingerprint density at radius 2 is 1.84 bits per heavy atom. The molecule has 1 aromatic heterocycles. The van der Waals surface area contributed by atoms with E-state index in [1.807, 2.05) is 61.5 Å². The topological polar surface area (TPSA) is 64.4 Å². The Morgan fingerprint density at radius 3 is 2.52 bits per heavy atom. The maximum absolute atomic E-state index is 12.3. The van der Waals surface area contributed by atoms with E-state index in [1.54, 1.807) is 6.92 Å². The zero-order chi connectivity index (χ0) is 17.8. The highest BCUT2D eigenvalue weighted by molar-refractivity contribution is 9.10. The second kappa shape index (κ2) is 7.53. The predicted molar refractivity (Wildman–Crippen MR) is 99.3 cm³/mol. The van der Waals surface area contributed by atoms with Gasteiger partial charge in [0, 0.05) is 10.0 Å². The molecule has 0 aliphatic rings. The third kappa shape index (κ3) is 4.09. The maximum atomic E-state index is 12.3. The van der Waals surface area contributed by atoms with Crippen LogP contribution in [0.4, 0.5) is 10.5 Å². The smallest absolute Gasteiger partial charge is 0.412 e. The number of hydrogen-bond donors (Lipinski definition) is 1. The Hall–Kier alpha value is -2.60. The van der Waals surface area contributed by atoms with Crippen molar-refractivity contribution in [3.05, 3.63) is 70.3 Å². The monoisotopic (exact) mass is 400 g/mol. The number of benzene rings is 2. The molecule has 0 spiro atoms. The molecule has 6 heteroatoms. The van der Waals surface area contributed by atoms with Gasteiger partial charge >= 0.3 is 6.09 Å². The van der Waals surface area contributed by atoms with E-state index in [0.29, 0.717) is 17.1 Å². The van der Waals surface area contributed by atoms with Crippen molar-refractivity contribution in [3.63, 3.8) is 0 Å². The van der Waals surface area contributed by atoms with Crippen LogP contribution >= 0.6 is 15.9 Å². The molecule has 0 aliphatic carbocycles. The Labute approximate surface area is 154 Å². The van der Waals surface area contributed by atoms with E-state index in [-0.39, 0.29) is 6.10 Å². The Kier molecular flexibility index (Phi) is 5.19. The lowest BCUT2D eigenvalue weighted by Crippen LogP contribution is -2.16. The molecule has 0 unspecified atom stereocenters. The summed E-state index contributed by atoms with van der Waals surface area (Å²) in [5, 5.41) is 6.69. The van der Waals surface area contributed by atoms with Gasteiger partial charge in [0.15, 0.2) is 5.76 Å². The highest BCUT2D eigenvalue weighted by Gasteiger charge is 2.19. The summed E-state index contributed by atoms with van der Waals surface area (Å²) < 4.78 is 11.8. The number of rotatable bonds is 4. The largest absolute Gasteiger partial charge is 0.441 e. The molecule has 1 atom stereocenters. The maximum Gasteiger partial charge on any atom is 0.412 e. The van der Waals surface area contributed by atoms with Gasteiger partial charge in [0.1, 0.15) is 17.5 Å². The molecule has 128 valence electrons. The third-order valence-corrected chi connectivity index (χ3v) is 4.28. The zero-order valence-corrected chi connectivity index (χ0v) is 15.4. The minimum atomic E-state index is -0.555. The molecule has 3 rings (SSSR count). The summed E-state index contributed by atoms with van der Waals surface area (Å²) in [6.45, 7) is 3.59. The first-order chi connectivity index (χ1) is 12.0. The number of ether oxygens (including phenoxy) is 1. The minimum Gasteiger partial charge on any atom is -0.441 e. The fourth-order valence-corrected chi connectivity index (χ4v) is 2.66. The molecule has 0 saturated carbocycles. The number of aryl methyl sites for hydroxylation is 1. The van der Waals surface area contributed by atoms with E-state index in [2.05, 4.69) is 26.4 Å². The van der Waals surface area contributed by atoms with Crippen LogP contribution in [0.5, 0.6) is 0 Å². The van der Waals surface area contributed by atoms with E-state index < -0.39 is 6.09 Å². The average molecular weight is 401 g/mol. The van der Waals surface area contributed by atoms with E-state index in [1.165, 1.54) is 0 Å². The van der Waals surface area contributed by atoms with Crippen molar-refractivity contribution < 1.29 is 14.1 Å². The van der Waals surface area contributed by atoms with Gasteiger partial charge in [-0.1, -0.05) is 51.4 Å². The van der Waals surface area contributed by atoms with E-state index in [9.17, 15) is 4.79 Å². The molecule has 0 saturated heterocycles.